The zero-order valence-electron chi connectivity index (χ0n) is 29.3. The molecule has 0 radical (unpaired) electrons. The van der Waals surface area contributed by atoms with Crippen LogP contribution in [-0.2, 0) is 66.7 Å². The molecule has 49 heavy (non-hydrogen) atoms. The van der Waals surface area contributed by atoms with Crippen molar-refractivity contribution in [3.05, 3.63) is 23.8 Å². The summed E-state index contributed by atoms with van der Waals surface area (Å²) in [4.78, 5) is 89.4. The molecule has 272 valence electrons. The van der Waals surface area contributed by atoms with Gasteiger partial charge in [-0.05, 0) is 38.0 Å². The van der Waals surface area contributed by atoms with Crippen molar-refractivity contribution in [1.29, 1.82) is 0 Å². The molecule has 0 bridgehead atoms. The van der Waals surface area contributed by atoms with E-state index in [-0.39, 0.29) is 25.0 Å². The van der Waals surface area contributed by atoms with Crippen LogP contribution in [0.3, 0.4) is 0 Å². The van der Waals surface area contributed by atoms with Gasteiger partial charge in [0.2, 0.25) is 0 Å². The molecule has 0 spiro atoms. The Bertz CT molecular complexity index is 1420. The zero-order chi connectivity index (χ0) is 37.1. The molecule has 2 fully saturated rings. The van der Waals surface area contributed by atoms with Gasteiger partial charge in [-0.25, -0.2) is 0 Å². The van der Waals surface area contributed by atoms with Crippen molar-refractivity contribution in [2.75, 3.05) is 6.61 Å². The standard InChI is InChI=1S/C34H46O15/c1-10-11-28(40)47-26-15-25(45-20(5)37)32(8)24(44-19(4)36)13-12-23(16-43-18(3)35)14-27-34(42,17(2)31(41)48-27)30(46-21(6)38)29(32)33(26,9)49-22(7)39/h12-14,17,24-27,29-30,42H,10-11,15-16H2,1-9H3/b13-12-,23-14+/t17-,24-,25-,26+,27-,29+,30-,32-,33+,34-/m0/s1. The Kier molecular flexibility index (Phi) is 12.1. The molecule has 1 saturated carbocycles. The molecule has 0 aromatic rings. The summed E-state index contributed by atoms with van der Waals surface area (Å²) in [6, 6.07) is 0. The van der Waals surface area contributed by atoms with Crippen LogP contribution in [-0.4, -0.2) is 95.2 Å². The van der Waals surface area contributed by atoms with E-state index in [9.17, 15) is 38.7 Å². The van der Waals surface area contributed by atoms with Gasteiger partial charge in [0, 0.05) is 47.5 Å². The highest BCUT2D eigenvalue weighted by Crippen LogP contribution is 2.59. The Morgan fingerprint density at radius 3 is 2.02 bits per heavy atom. The Morgan fingerprint density at radius 2 is 1.49 bits per heavy atom. The van der Waals surface area contributed by atoms with Crippen molar-refractivity contribution in [3.8, 4) is 0 Å². The number of ether oxygens (including phenoxy) is 7. The summed E-state index contributed by atoms with van der Waals surface area (Å²) in [6.45, 7) is 11.2. The molecule has 0 amide bonds. The van der Waals surface area contributed by atoms with Crippen LogP contribution in [0.5, 0.6) is 0 Å². The van der Waals surface area contributed by atoms with Crippen LogP contribution in [0.1, 0.15) is 81.6 Å². The van der Waals surface area contributed by atoms with Gasteiger partial charge in [0.05, 0.1) is 17.3 Å². The first-order valence-corrected chi connectivity index (χ1v) is 16.1. The fourth-order valence-electron chi connectivity index (χ4n) is 7.32. The molecule has 3 rings (SSSR count). The van der Waals surface area contributed by atoms with Gasteiger partial charge in [-0.3, -0.25) is 33.6 Å². The third kappa shape index (κ3) is 7.97. The third-order valence-electron chi connectivity index (χ3n) is 9.44. The van der Waals surface area contributed by atoms with Crippen LogP contribution >= 0.6 is 0 Å². The first-order chi connectivity index (χ1) is 22.7. The molecule has 3 aliphatic rings. The van der Waals surface area contributed by atoms with Gasteiger partial charge >= 0.3 is 41.8 Å². The van der Waals surface area contributed by atoms with Crippen LogP contribution in [0.2, 0.25) is 0 Å². The zero-order valence-corrected chi connectivity index (χ0v) is 29.3. The monoisotopic (exact) mass is 694 g/mol. The lowest BCUT2D eigenvalue weighted by molar-refractivity contribution is -0.290. The summed E-state index contributed by atoms with van der Waals surface area (Å²) < 4.78 is 40.4. The Morgan fingerprint density at radius 1 is 0.878 bits per heavy atom. The Labute approximate surface area is 284 Å². The smallest absolute Gasteiger partial charge is 0.312 e. The molecule has 1 saturated heterocycles. The second-order valence-corrected chi connectivity index (χ2v) is 13.1. The Balaban J connectivity index is 2.57. The van der Waals surface area contributed by atoms with Gasteiger partial charge < -0.3 is 38.3 Å². The maximum Gasteiger partial charge on any atom is 0.312 e. The molecule has 1 N–H and O–H groups in total. The fourth-order valence-corrected chi connectivity index (χ4v) is 7.32. The average Bonchev–Trinajstić information content (AvgIpc) is 3.18. The van der Waals surface area contributed by atoms with Crippen molar-refractivity contribution >= 4 is 41.8 Å². The molecule has 15 nitrogen and oxygen atoms in total. The summed E-state index contributed by atoms with van der Waals surface area (Å²) in [5, 5.41) is 12.8. The van der Waals surface area contributed by atoms with E-state index < -0.39 is 101 Å². The average molecular weight is 695 g/mol. The minimum absolute atomic E-state index is 0.0275. The maximum absolute atomic E-state index is 13.3. The van der Waals surface area contributed by atoms with E-state index in [4.69, 9.17) is 33.2 Å². The van der Waals surface area contributed by atoms with Gasteiger partial charge in [0.1, 0.15) is 31.0 Å². The number of hydrogen-bond donors (Lipinski definition) is 1. The van der Waals surface area contributed by atoms with E-state index in [2.05, 4.69) is 0 Å². The highest BCUT2D eigenvalue weighted by molar-refractivity contribution is 5.78. The predicted octanol–water partition coefficient (Wildman–Crippen LogP) is 2.19. The molecule has 0 unspecified atom stereocenters. The molecule has 0 aromatic heterocycles. The molecular formula is C34H46O15. The third-order valence-corrected chi connectivity index (χ3v) is 9.44. The van der Waals surface area contributed by atoms with Crippen molar-refractivity contribution in [2.24, 2.45) is 17.3 Å². The molecule has 1 aliphatic heterocycles. The minimum Gasteiger partial charge on any atom is -0.462 e. The van der Waals surface area contributed by atoms with Crippen LogP contribution in [0.15, 0.2) is 23.8 Å². The van der Waals surface area contributed by atoms with Gasteiger partial charge in [0.25, 0.3) is 0 Å². The van der Waals surface area contributed by atoms with Crippen molar-refractivity contribution in [1.82, 2.24) is 0 Å². The molecule has 0 aromatic carbocycles. The highest BCUT2D eigenvalue weighted by atomic mass is 16.6. The van der Waals surface area contributed by atoms with Crippen molar-refractivity contribution < 1.29 is 71.8 Å². The van der Waals surface area contributed by atoms with Crippen LogP contribution < -0.4 is 0 Å². The largest absolute Gasteiger partial charge is 0.462 e. The molecule has 1 heterocycles. The van der Waals surface area contributed by atoms with Gasteiger partial charge in [-0.2, -0.15) is 0 Å². The van der Waals surface area contributed by atoms with Crippen molar-refractivity contribution in [2.45, 2.75) is 123 Å². The lowest BCUT2D eigenvalue weighted by Crippen LogP contribution is -2.75. The molecular weight excluding hydrogens is 648 g/mol. The topological polar surface area (TPSA) is 204 Å². The first kappa shape index (κ1) is 39.2. The first-order valence-electron chi connectivity index (χ1n) is 16.1. The van der Waals surface area contributed by atoms with E-state index in [0.29, 0.717) is 6.42 Å². The minimum atomic E-state index is -2.46. The van der Waals surface area contributed by atoms with E-state index in [1.165, 1.54) is 45.9 Å². The summed E-state index contributed by atoms with van der Waals surface area (Å²) in [5.74, 6) is -8.57. The summed E-state index contributed by atoms with van der Waals surface area (Å²) in [5.41, 5.74) is -6.07. The number of aliphatic hydroxyl groups is 1. The van der Waals surface area contributed by atoms with Crippen molar-refractivity contribution in [3.63, 3.8) is 0 Å². The summed E-state index contributed by atoms with van der Waals surface area (Å²) in [7, 11) is 0. The second kappa shape index (κ2) is 15.1. The number of carbonyl (C=O) groups excluding carboxylic acids is 7. The van der Waals surface area contributed by atoms with E-state index in [0.717, 1.165) is 27.7 Å². The maximum atomic E-state index is 13.3. The van der Waals surface area contributed by atoms with E-state index >= 15 is 0 Å². The lowest BCUT2D eigenvalue weighted by atomic mass is 9.51. The van der Waals surface area contributed by atoms with Gasteiger partial charge in [-0.1, -0.05) is 19.9 Å². The second-order valence-electron chi connectivity index (χ2n) is 13.1. The van der Waals surface area contributed by atoms with Crippen LogP contribution in [0.4, 0.5) is 0 Å². The highest BCUT2D eigenvalue weighted by Gasteiger charge is 2.74. The van der Waals surface area contributed by atoms with Crippen LogP contribution in [0, 0.1) is 17.3 Å². The summed E-state index contributed by atoms with van der Waals surface area (Å²) in [6.07, 6.45) is -3.34. The normalized spacial score (nSPS) is 37.0. The lowest BCUT2D eigenvalue weighted by Gasteiger charge is -2.61. The SMILES string of the molecule is CCCC(=O)O[C@@H]1C[C@H](OC(C)=O)[C@]2(C)[C@@H](OC(C)=O)/C=C\C(COC(C)=O)=C/[C@@H]3OC(=O)[C@H](C)[C@@]3(O)[C@@H](OC(C)=O)[C@H]2[C@]1(C)OC(C)=O. The molecule has 15 heteroatoms. The number of esters is 7. The number of hydrogen-bond acceptors (Lipinski definition) is 15. The van der Waals surface area contributed by atoms with Gasteiger partial charge in [-0.15, -0.1) is 0 Å². The Hall–Kier alpha value is -4.27. The summed E-state index contributed by atoms with van der Waals surface area (Å²) >= 11 is 0. The molecule has 2 aliphatic carbocycles. The van der Waals surface area contributed by atoms with E-state index in [1.54, 1.807) is 6.92 Å². The van der Waals surface area contributed by atoms with E-state index in [1.807, 2.05) is 0 Å². The molecule has 10 atom stereocenters. The number of carbonyl (C=O) groups is 7. The predicted molar refractivity (Wildman–Crippen MR) is 166 cm³/mol. The number of rotatable bonds is 9. The van der Waals surface area contributed by atoms with Crippen LogP contribution in [0.25, 0.3) is 0 Å². The van der Waals surface area contributed by atoms with Gasteiger partial charge in [0.15, 0.2) is 17.3 Å². The number of fused-ring (bicyclic) bond motifs is 2. The quantitative estimate of drug-likeness (QED) is 0.271. The fraction of sp³-hybridized carbons (Fsp3) is 0.676.